The Morgan fingerprint density at radius 3 is 2.70 bits per heavy atom. The molecule has 0 N–H and O–H groups in total. The third-order valence-corrected chi connectivity index (χ3v) is 3.88. The molecule has 4 nitrogen and oxygen atoms in total. The van der Waals surface area contributed by atoms with Crippen LogP contribution in [0.25, 0.3) is 5.65 Å². The zero-order chi connectivity index (χ0) is 13.8. The number of hydrogen-bond donors (Lipinski definition) is 0. The van der Waals surface area contributed by atoms with Crippen molar-refractivity contribution in [3.05, 3.63) is 60.3 Å². The maximum absolute atomic E-state index is 12.0. The first kappa shape index (κ1) is 12.9. The second-order valence-corrected chi connectivity index (χ2v) is 5.36. The van der Waals surface area contributed by atoms with Crippen LogP contribution < -0.4 is 0 Å². The molecule has 0 spiro atoms. The van der Waals surface area contributed by atoms with Gasteiger partial charge in [-0.3, -0.25) is 9.20 Å². The number of benzene rings is 1. The average Bonchev–Trinajstić information content (AvgIpc) is 2.92. The second kappa shape index (κ2) is 5.88. The molecule has 0 bridgehead atoms. The zero-order valence-corrected chi connectivity index (χ0v) is 11.6. The summed E-state index contributed by atoms with van der Waals surface area (Å²) in [6.45, 7) is 0. The van der Waals surface area contributed by atoms with E-state index in [2.05, 4.69) is 10.2 Å². The van der Waals surface area contributed by atoms with Crippen LogP contribution in [0.1, 0.15) is 16.8 Å². The molecule has 100 valence electrons. The number of ketones is 1. The van der Waals surface area contributed by atoms with Crippen molar-refractivity contribution >= 4 is 23.2 Å². The Morgan fingerprint density at radius 1 is 1.05 bits per heavy atom. The lowest BCUT2D eigenvalue weighted by molar-refractivity contribution is 0.0989. The minimum absolute atomic E-state index is 0.159. The van der Waals surface area contributed by atoms with Gasteiger partial charge >= 0.3 is 0 Å². The van der Waals surface area contributed by atoms with Crippen molar-refractivity contribution in [2.24, 2.45) is 0 Å². The molecule has 0 aliphatic rings. The maximum atomic E-state index is 12.0. The number of carbonyl (C=O) groups is 1. The summed E-state index contributed by atoms with van der Waals surface area (Å²) in [5, 5.41) is 9.03. The highest BCUT2D eigenvalue weighted by Crippen LogP contribution is 2.18. The van der Waals surface area contributed by atoms with E-state index >= 15 is 0 Å². The summed E-state index contributed by atoms with van der Waals surface area (Å²) in [6.07, 6.45) is 2.42. The molecule has 3 rings (SSSR count). The second-order valence-electron chi connectivity index (χ2n) is 4.30. The van der Waals surface area contributed by atoms with Gasteiger partial charge in [0.1, 0.15) is 0 Å². The molecule has 1 aromatic carbocycles. The Bertz CT molecular complexity index is 724. The van der Waals surface area contributed by atoms with E-state index < -0.39 is 0 Å². The Morgan fingerprint density at radius 2 is 1.85 bits per heavy atom. The molecule has 0 aliphatic carbocycles. The van der Waals surface area contributed by atoms with Crippen LogP contribution in [0.15, 0.2) is 59.9 Å². The van der Waals surface area contributed by atoms with Crippen LogP contribution >= 0.6 is 11.8 Å². The summed E-state index contributed by atoms with van der Waals surface area (Å²) in [5.41, 5.74) is 1.59. The number of carbonyl (C=O) groups excluding carboxylic acids is 1. The predicted octanol–water partition coefficient (Wildman–Crippen LogP) is 3.09. The topological polar surface area (TPSA) is 47.3 Å². The zero-order valence-electron chi connectivity index (χ0n) is 10.8. The standard InChI is InChI=1S/C15H13N3OS/c19-13(12-6-2-1-3-7-12)9-11-20-15-17-16-14-8-4-5-10-18(14)15/h1-8,10H,9,11H2. The Hall–Kier alpha value is -2.14. The van der Waals surface area contributed by atoms with E-state index in [1.165, 1.54) is 0 Å². The molecule has 0 aliphatic heterocycles. The first-order valence-corrected chi connectivity index (χ1v) is 7.34. The van der Waals surface area contributed by atoms with Crippen LogP contribution in [-0.2, 0) is 0 Å². The van der Waals surface area contributed by atoms with Gasteiger partial charge in [0.25, 0.3) is 0 Å². The maximum Gasteiger partial charge on any atom is 0.195 e. The van der Waals surface area contributed by atoms with Crippen LogP contribution in [0.4, 0.5) is 0 Å². The summed E-state index contributed by atoms with van der Waals surface area (Å²) >= 11 is 1.55. The number of fused-ring (bicyclic) bond motifs is 1. The van der Waals surface area contributed by atoms with E-state index in [0.29, 0.717) is 12.2 Å². The molecule has 0 unspecified atom stereocenters. The van der Waals surface area contributed by atoms with E-state index in [-0.39, 0.29) is 5.78 Å². The van der Waals surface area contributed by atoms with E-state index in [1.807, 2.05) is 59.1 Å². The summed E-state index contributed by atoms with van der Waals surface area (Å²) < 4.78 is 1.93. The third kappa shape index (κ3) is 2.72. The monoisotopic (exact) mass is 283 g/mol. The van der Waals surface area contributed by atoms with Crippen molar-refractivity contribution in [3.8, 4) is 0 Å². The highest BCUT2D eigenvalue weighted by molar-refractivity contribution is 7.99. The molecule has 5 heteroatoms. The molecule has 0 atom stereocenters. The number of aromatic nitrogens is 3. The van der Waals surface area contributed by atoms with Gasteiger partial charge in [0.15, 0.2) is 16.6 Å². The number of nitrogens with zero attached hydrogens (tertiary/aromatic N) is 3. The Kier molecular flexibility index (Phi) is 3.78. The summed E-state index contributed by atoms with van der Waals surface area (Å²) in [5.74, 6) is 0.857. The molecule has 0 saturated carbocycles. The molecule has 2 heterocycles. The molecule has 2 aromatic heterocycles. The molecule has 0 saturated heterocycles. The fourth-order valence-electron chi connectivity index (χ4n) is 1.92. The summed E-state index contributed by atoms with van der Waals surface area (Å²) in [6, 6.07) is 15.1. The molecule has 20 heavy (non-hydrogen) atoms. The Labute approximate surface area is 120 Å². The van der Waals surface area contributed by atoms with Crippen molar-refractivity contribution < 1.29 is 4.79 Å². The lowest BCUT2D eigenvalue weighted by Crippen LogP contribution is -2.00. The van der Waals surface area contributed by atoms with Gasteiger partial charge in [0.05, 0.1) is 0 Å². The van der Waals surface area contributed by atoms with Gasteiger partial charge in [-0.1, -0.05) is 48.2 Å². The molecule has 3 aromatic rings. The number of thioether (sulfide) groups is 1. The van der Waals surface area contributed by atoms with E-state index in [9.17, 15) is 4.79 Å². The van der Waals surface area contributed by atoms with E-state index in [1.54, 1.807) is 11.8 Å². The molecule has 0 fully saturated rings. The normalized spacial score (nSPS) is 10.8. The average molecular weight is 283 g/mol. The van der Waals surface area contributed by atoms with Gasteiger partial charge in [-0.05, 0) is 12.1 Å². The van der Waals surface area contributed by atoms with E-state index in [4.69, 9.17) is 0 Å². The van der Waals surface area contributed by atoms with Gasteiger partial charge in [0.2, 0.25) is 0 Å². The largest absolute Gasteiger partial charge is 0.294 e. The minimum Gasteiger partial charge on any atom is -0.294 e. The van der Waals surface area contributed by atoms with Crippen LogP contribution in [0, 0.1) is 0 Å². The van der Waals surface area contributed by atoms with Crippen LogP contribution in [0.3, 0.4) is 0 Å². The summed E-state index contributed by atoms with van der Waals surface area (Å²) in [7, 11) is 0. The molecule has 0 amide bonds. The van der Waals surface area contributed by atoms with Crippen LogP contribution in [0.2, 0.25) is 0 Å². The van der Waals surface area contributed by atoms with Gasteiger partial charge in [-0.15, -0.1) is 10.2 Å². The fourth-order valence-corrected chi connectivity index (χ4v) is 2.78. The van der Waals surface area contributed by atoms with Gasteiger partial charge in [0, 0.05) is 23.9 Å². The lowest BCUT2D eigenvalue weighted by atomic mass is 10.1. The first-order valence-electron chi connectivity index (χ1n) is 6.35. The highest BCUT2D eigenvalue weighted by atomic mass is 32.2. The van der Waals surface area contributed by atoms with Gasteiger partial charge in [-0.2, -0.15) is 0 Å². The Balaban J connectivity index is 1.62. The molecule has 0 radical (unpaired) electrons. The fraction of sp³-hybridized carbons (Fsp3) is 0.133. The van der Waals surface area contributed by atoms with Gasteiger partial charge in [-0.25, -0.2) is 0 Å². The first-order chi connectivity index (χ1) is 9.84. The lowest BCUT2D eigenvalue weighted by Gasteiger charge is -2.00. The van der Waals surface area contributed by atoms with E-state index in [0.717, 1.165) is 16.4 Å². The number of Topliss-reactive ketones (excluding diaryl/α,β-unsaturated/α-hetero) is 1. The van der Waals surface area contributed by atoms with Crippen molar-refractivity contribution in [3.63, 3.8) is 0 Å². The predicted molar refractivity (Wildman–Crippen MR) is 79.1 cm³/mol. The number of hydrogen-bond acceptors (Lipinski definition) is 4. The minimum atomic E-state index is 0.159. The van der Waals surface area contributed by atoms with Crippen LogP contribution in [-0.4, -0.2) is 26.1 Å². The van der Waals surface area contributed by atoms with Crippen molar-refractivity contribution in [2.75, 3.05) is 5.75 Å². The quantitative estimate of drug-likeness (QED) is 0.533. The number of pyridine rings is 1. The van der Waals surface area contributed by atoms with Crippen molar-refractivity contribution in [2.45, 2.75) is 11.6 Å². The van der Waals surface area contributed by atoms with Crippen LogP contribution in [0.5, 0.6) is 0 Å². The SMILES string of the molecule is O=C(CCSc1nnc2ccccn12)c1ccccc1. The molecular weight excluding hydrogens is 270 g/mol. The summed E-state index contributed by atoms with van der Waals surface area (Å²) in [4.78, 5) is 12.0. The highest BCUT2D eigenvalue weighted by Gasteiger charge is 2.08. The van der Waals surface area contributed by atoms with Gasteiger partial charge < -0.3 is 0 Å². The molecular formula is C15H13N3OS. The number of rotatable bonds is 5. The van der Waals surface area contributed by atoms with Crippen molar-refractivity contribution in [1.29, 1.82) is 0 Å². The third-order valence-electron chi connectivity index (χ3n) is 2.94. The van der Waals surface area contributed by atoms with Crippen molar-refractivity contribution in [1.82, 2.24) is 14.6 Å². The smallest absolute Gasteiger partial charge is 0.195 e.